The molecule has 0 saturated heterocycles. The lowest BCUT2D eigenvalue weighted by atomic mass is 10.0. The number of nitriles is 1. The normalized spacial score (nSPS) is 15.1. The van der Waals surface area contributed by atoms with E-state index in [-0.39, 0.29) is 34.7 Å². The number of anilines is 1. The number of pyridine rings is 1. The van der Waals surface area contributed by atoms with E-state index in [1.54, 1.807) is 31.2 Å². The number of aliphatic hydroxyl groups excluding tert-OH is 1. The summed E-state index contributed by atoms with van der Waals surface area (Å²) in [6.07, 6.45) is 1.42. The van der Waals surface area contributed by atoms with E-state index in [1.807, 2.05) is 12.1 Å². The molecule has 1 amide bonds. The molecule has 0 unspecified atom stereocenters. The first-order valence-corrected chi connectivity index (χ1v) is 8.54. The molecule has 142 valence electrons. The highest BCUT2D eigenvalue weighted by molar-refractivity contribution is 6.32. The molecule has 1 aromatic carbocycles. The van der Waals surface area contributed by atoms with E-state index in [2.05, 4.69) is 5.10 Å². The SMILES string of the molecule is CC1=NN(c2ccccc2)C(=O)/C1=C\c1c(C)c(C#N)c(=O)n(CCO)c1O. The zero-order chi connectivity index (χ0) is 20.4. The van der Waals surface area contributed by atoms with Crippen molar-refractivity contribution in [1.82, 2.24) is 4.57 Å². The Labute approximate surface area is 160 Å². The van der Waals surface area contributed by atoms with Gasteiger partial charge in [-0.1, -0.05) is 18.2 Å². The van der Waals surface area contributed by atoms with Gasteiger partial charge in [0.15, 0.2) is 0 Å². The molecular weight excluding hydrogens is 360 g/mol. The van der Waals surface area contributed by atoms with E-state index in [4.69, 9.17) is 0 Å². The third-order valence-electron chi connectivity index (χ3n) is 4.52. The fraction of sp³-hybridized carbons (Fsp3) is 0.200. The highest BCUT2D eigenvalue weighted by atomic mass is 16.3. The average Bonchev–Trinajstić information content (AvgIpc) is 2.97. The highest BCUT2D eigenvalue weighted by Gasteiger charge is 2.30. The summed E-state index contributed by atoms with van der Waals surface area (Å²) in [5, 5.41) is 34.6. The van der Waals surface area contributed by atoms with E-state index >= 15 is 0 Å². The van der Waals surface area contributed by atoms with E-state index in [1.165, 1.54) is 18.0 Å². The number of amides is 1. The molecule has 0 radical (unpaired) electrons. The molecule has 0 fully saturated rings. The molecule has 8 heteroatoms. The zero-order valence-electron chi connectivity index (χ0n) is 15.4. The molecule has 3 rings (SSSR count). The molecule has 0 aliphatic carbocycles. The van der Waals surface area contributed by atoms with Crippen LogP contribution in [0.2, 0.25) is 0 Å². The van der Waals surface area contributed by atoms with E-state index in [0.717, 1.165) is 4.57 Å². The summed E-state index contributed by atoms with van der Waals surface area (Å²) in [6.45, 7) is 2.62. The monoisotopic (exact) mass is 378 g/mol. The molecule has 2 N–H and O–H groups in total. The van der Waals surface area contributed by atoms with Crippen molar-refractivity contribution in [2.75, 3.05) is 11.6 Å². The molecule has 2 heterocycles. The van der Waals surface area contributed by atoms with Gasteiger partial charge in [-0.05, 0) is 37.6 Å². The third-order valence-corrected chi connectivity index (χ3v) is 4.52. The number of para-hydroxylation sites is 1. The average molecular weight is 378 g/mol. The van der Waals surface area contributed by atoms with Gasteiger partial charge in [0.25, 0.3) is 11.5 Å². The van der Waals surface area contributed by atoms with Crippen LogP contribution in [0.4, 0.5) is 5.69 Å². The number of benzene rings is 1. The lowest BCUT2D eigenvalue weighted by Gasteiger charge is -2.14. The van der Waals surface area contributed by atoms with Crippen LogP contribution in [0.15, 0.2) is 45.8 Å². The van der Waals surface area contributed by atoms with Gasteiger partial charge in [0.05, 0.1) is 30.1 Å². The van der Waals surface area contributed by atoms with Gasteiger partial charge in [-0.2, -0.15) is 15.4 Å². The van der Waals surface area contributed by atoms with Crippen LogP contribution in [0, 0.1) is 18.3 Å². The Morgan fingerprint density at radius 2 is 1.89 bits per heavy atom. The van der Waals surface area contributed by atoms with Gasteiger partial charge in [-0.15, -0.1) is 0 Å². The number of hydrogen-bond acceptors (Lipinski definition) is 6. The summed E-state index contributed by atoms with van der Waals surface area (Å²) in [6, 6.07) is 10.7. The first-order valence-electron chi connectivity index (χ1n) is 8.54. The predicted octanol–water partition coefficient (Wildman–Crippen LogP) is 1.53. The Balaban J connectivity index is 2.16. The Bertz CT molecular complexity index is 1110. The van der Waals surface area contributed by atoms with Gasteiger partial charge in [0.2, 0.25) is 5.88 Å². The maximum atomic E-state index is 12.9. The number of aromatic hydroxyl groups is 1. The molecule has 0 spiro atoms. The van der Waals surface area contributed by atoms with Gasteiger partial charge >= 0.3 is 0 Å². The Hall–Kier alpha value is -3.70. The second kappa shape index (κ2) is 7.50. The number of carbonyl (C=O) groups is 1. The van der Waals surface area contributed by atoms with Crippen molar-refractivity contribution in [2.24, 2.45) is 5.10 Å². The van der Waals surface area contributed by atoms with Crippen LogP contribution < -0.4 is 10.6 Å². The zero-order valence-corrected chi connectivity index (χ0v) is 15.4. The Morgan fingerprint density at radius 3 is 2.50 bits per heavy atom. The minimum atomic E-state index is -0.692. The summed E-state index contributed by atoms with van der Waals surface area (Å²) in [4.78, 5) is 25.2. The van der Waals surface area contributed by atoms with Gasteiger partial charge in [0.1, 0.15) is 11.6 Å². The van der Waals surface area contributed by atoms with Gasteiger partial charge in [-0.3, -0.25) is 14.2 Å². The number of hydrazone groups is 1. The molecule has 1 aliphatic rings. The molecule has 0 saturated carbocycles. The van der Waals surface area contributed by atoms with Gasteiger partial charge in [0, 0.05) is 5.56 Å². The lowest BCUT2D eigenvalue weighted by Crippen LogP contribution is -2.26. The van der Waals surface area contributed by atoms with Gasteiger partial charge < -0.3 is 10.2 Å². The second-order valence-corrected chi connectivity index (χ2v) is 6.23. The largest absolute Gasteiger partial charge is 0.494 e. The summed E-state index contributed by atoms with van der Waals surface area (Å²) >= 11 is 0. The van der Waals surface area contributed by atoms with Crippen molar-refractivity contribution in [1.29, 1.82) is 5.26 Å². The van der Waals surface area contributed by atoms with E-state index in [0.29, 0.717) is 11.4 Å². The fourth-order valence-corrected chi connectivity index (χ4v) is 3.02. The Morgan fingerprint density at radius 1 is 1.21 bits per heavy atom. The number of hydrogen-bond donors (Lipinski definition) is 2. The fourth-order valence-electron chi connectivity index (χ4n) is 3.02. The van der Waals surface area contributed by atoms with Gasteiger partial charge in [-0.25, -0.2) is 0 Å². The molecule has 2 aromatic rings. The summed E-state index contributed by atoms with van der Waals surface area (Å²) in [7, 11) is 0. The van der Waals surface area contributed by atoms with E-state index in [9.17, 15) is 25.1 Å². The quantitative estimate of drug-likeness (QED) is 0.782. The molecule has 1 aliphatic heterocycles. The first-order chi connectivity index (χ1) is 13.4. The van der Waals surface area contributed by atoms with Crippen molar-refractivity contribution in [3.8, 4) is 11.9 Å². The number of aliphatic hydroxyl groups is 1. The summed E-state index contributed by atoms with van der Waals surface area (Å²) < 4.78 is 0.915. The molecule has 0 atom stereocenters. The number of aromatic nitrogens is 1. The lowest BCUT2D eigenvalue weighted by molar-refractivity contribution is -0.114. The number of nitrogens with zero attached hydrogens (tertiary/aromatic N) is 4. The van der Waals surface area contributed by atoms with Crippen LogP contribution in [0.3, 0.4) is 0 Å². The van der Waals surface area contributed by atoms with Crippen molar-refractivity contribution in [2.45, 2.75) is 20.4 Å². The van der Waals surface area contributed by atoms with E-state index < -0.39 is 18.0 Å². The summed E-state index contributed by atoms with van der Waals surface area (Å²) in [5.41, 5.74) is 0.842. The third kappa shape index (κ3) is 3.08. The predicted molar refractivity (Wildman–Crippen MR) is 104 cm³/mol. The first kappa shape index (κ1) is 19.1. The molecule has 1 aromatic heterocycles. The molecule has 8 nitrogen and oxygen atoms in total. The van der Waals surface area contributed by atoms with Crippen LogP contribution in [0.25, 0.3) is 6.08 Å². The van der Waals surface area contributed by atoms with Crippen LogP contribution in [0.1, 0.15) is 23.6 Å². The van der Waals surface area contributed by atoms with Crippen molar-refractivity contribution in [3.05, 3.63) is 62.9 Å². The summed E-state index contributed by atoms with van der Waals surface area (Å²) in [5.74, 6) is -0.803. The van der Waals surface area contributed by atoms with Crippen molar-refractivity contribution >= 4 is 23.4 Å². The minimum absolute atomic E-state index is 0.155. The van der Waals surface area contributed by atoms with Crippen molar-refractivity contribution in [3.63, 3.8) is 0 Å². The minimum Gasteiger partial charge on any atom is -0.494 e. The van der Waals surface area contributed by atoms with Crippen LogP contribution in [-0.4, -0.2) is 33.0 Å². The molecule has 28 heavy (non-hydrogen) atoms. The standard InChI is InChI=1S/C20H18N4O4/c1-12-15(18(26)23(8-9-25)19(27)17(12)11-21)10-16-13(2)22-24(20(16)28)14-6-4-3-5-7-14/h3-7,10,25-26H,8-9H2,1-2H3/b16-10-. The number of carbonyl (C=O) groups excluding carboxylic acids is 1. The maximum absolute atomic E-state index is 12.9. The van der Waals surface area contributed by atoms with Crippen LogP contribution >= 0.6 is 0 Å². The van der Waals surface area contributed by atoms with Crippen LogP contribution in [-0.2, 0) is 11.3 Å². The Kier molecular flexibility index (Phi) is 5.11. The maximum Gasteiger partial charge on any atom is 0.280 e. The molecular formula is C20H18N4O4. The second-order valence-electron chi connectivity index (χ2n) is 6.23. The van der Waals surface area contributed by atoms with Crippen molar-refractivity contribution < 1.29 is 15.0 Å². The number of rotatable bonds is 4. The highest BCUT2D eigenvalue weighted by Crippen LogP contribution is 2.29. The smallest absolute Gasteiger partial charge is 0.280 e. The topological polar surface area (TPSA) is 119 Å². The molecule has 0 bridgehead atoms. The van der Waals surface area contributed by atoms with Crippen LogP contribution in [0.5, 0.6) is 5.88 Å².